The van der Waals surface area contributed by atoms with Crippen LogP contribution in [0.3, 0.4) is 0 Å². The fourth-order valence-corrected chi connectivity index (χ4v) is 3.54. The smallest absolute Gasteiger partial charge is 0.261 e. The third-order valence-electron chi connectivity index (χ3n) is 2.74. The zero-order chi connectivity index (χ0) is 16.5. The number of rotatable bonds is 4. The monoisotopic (exact) mass is 342 g/mol. The minimum atomic E-state index is -4.11. The topological polar surface area (TPSA) is 158 Å². The van der Waals surface area contributed by atoms with Gasteiger partial charge < -0.3 is 11.5 Å². The van der Waals surface area contributed by atoms with Gasteiger partial charge in [-0.3, -0.25) is 4.72 Å². The number of hydrogen-bond donors (Lipinski definition) is 4. The number of sulfonamides is 2. The van der Waals surface area contributed by atoms with Gasteiger partial charge in [0.1, 0.15) is 4.90 Å². The van der Waals surface area contributed by atoms with Gasteiger partial charge in [-0.1, -0.05) is 0 Å². The third-order valence-corrected chi connectivity index (χ3v) is 5.10. The lowest BCUT2D eigenvalue weighted by Crippen LogP contribution is -2.19. The standard InChI is InChI=1S/C12H14N4O4S2/c13-8-1-4-10(5-2-8)22(19,20)16-11-7-9(14)3-6-12(11)21(15,17)18/h1-7,16H,13-14H2,(H2,15,17,18). The fraction of sp³-hybridized carbons (Fsp3) is 0. The quantitative estimate of drug-likeness (QED) is 0.585. The second kappa shape index (κ2) is 5.48. The normalized spacial score (nSPS) is 12.0. The molecule has 22 heavy (non-hydrogen) atoms. The van der Waals surface area contributed by atoms with Gasteiger partial charge in [-0.2, -0.15) is 0 Å². The number of anilines is 3. The van der Waals surface area contributed by atoms with E-state index in [9.17, 15) is 16.8 Å². The Bertz CT molecular complexity index is 907. The summed E-state index contributed by atoms with van der Waals surface area (Å²) in [6, 6.07) is 9.02. The van der Waals surface area contributed by atoms with E-state index in [1.165, 1.54) is 36.4 Å². The Balaban J connectivity index is 2.50. The van der Waals surface area contributed by atoms with E-state index in [2.05, 4.69) is 4.72 Å². The molecule has 10 heteroatoms. The van der Waals surface area contributed by atoms with Crippen LogP contribution in [0.25, 0.3) is 0 Å². The molecule has 0 heterocycles. The highest BCUT2D eigenvalue weighted by Gasteiger charge is 2.20. The van der Waals surface area contributed by atoms with Crippen LogP contribution < -0.4 is 21.3 Å². The summed E-state index contributed by atoms with van der Waals surface area (Å²) < 4.78 is 49.7. The predicted octanol–water partition coefficient (Wildman–Crippen LogP) is 0.299. The number of nitrogens with two attached hydrogens (primary N) is 3. The summed E-state index contributed by atoms with van der Waals surface area (Å²) >= 11 is 0. The van der Waals surface area contributed by atoms with E-state index in [0.29, 0.717) is 5.69 Å². The van der Waals surface area contributed by atoms with Gasteiger partial charge in [-0.05, 0) is 42.5 Å². The van der Waals surface area contributed by atoms with Crippen LogP contribution in [0.1, 0.15) is 0 Å². The summed E-state index contributed by atoms with van der Waals surface area (Å²) in [6.07, 6.45) is 0. The maximum absolute atomic E-state index is 12.3. The van der Waals surface area contributed by atoms with Gasteiger partial charge in [-0.15, -0.1) is 0 Å². The van der Waals surface area contributed by atoms with Crippen LogP contribution in [-0.4, -0.2) is 16.8 Å². The van der Waals surface area contributed by atoms with Gasteiger partial charge in [0.05, 0.1) is 10.6 Å². The summed E-state index contributed by atoms with van der Waals surface area (Å²) in [6.45, 7) is 0. The van der Waals surface area contributed by atoms with Gasteiger partial charge in [-0.25, -0.2) is 22.0 Å². The van der Waals surface area contributed by atoms with Crippen LogP contribution in [-0.2, 0) is 20.0 Å². The zero-order valence-electron chi connectivity index (χ0n) is 11.2. The number of nitrogen functional groups attached to an aromatic ring is 2. The molecule has 0 fully saturated rings. The molecule has 2 rings (SSSR count). The van der Waals surface area contributed by atoms with Crippen molar-refractivity contribution >= 4 is 37.1 Å². The van der Waals surface area contributed by atoms with E-state index in [0.717, 1.165) is 6.07 Å². The molecule has 0 unspecified atom stereocenters. The molecule has 0 aromatic heterocycles. The molecule has 118 valence electrons. The molecule has 2 aromatic carbocycles. The van der Waals surface area contributed by atoms with Gasteiger partial charge in [0.2, 0.25) is 10.0 Å². The van der Waals surface area contributed by atoms with Crippen LogP contribution in [0.4, 0.5) is 17.1 Å². The Morgan fingerprint density at radius 2 is 1.36 bits per heavy atom. The largest absolute Gasteiger partial charge is 0.399 e. The lowest BCUT2D eigenvalue weighted by atomic mass is 10.3. The first-order valence-electron chi connectivity index (χ1n) is 5.90. The van der Waals surface area contributed by atoms with Crippen LogP contribution in [0.15, 0.2) is 52.3 Å². The van der Waals surface area contributed by atoms with Crippen molar-refractivity contribution in [1.82, 2.24) is 0 Å². The minimum Gasteiger partial charge on any atom is -0.399 e. The summed E-state index contributed by atoms with van der Waals surface area (Å²) in [5, 5.41) is 5.07. The van der Waals surface area contributed by atoms with Crippen LogP contribution in [0, 0.1) is 0 Å². The third kappa shape index (κ3) is 3.47. The van der Waals surface area contributed by atoms with Crippen molar-refractivity contribution in [2.75, 3.05) is 16.2 Å². The van der Waals surface area contributed by atoms with Crippen molar-refractivity contribution in [1.29, 1.82) is 0 Å². The maximum Gasteiger partial charge on any atom is 0.261 e. The van der Waals surface area contributed by atoms with E-state index in [-0.39, 0.29) is 21.2 Å². The summed E-state index contributed by atoms with van der Waals surface area (Å²) in [5.74, 6) is 0. The molecular weight excluding hydrogens is 328 g/mol. The molecule has 8 nitrogen and oxygen atoms in total. The first kappa shape index (κ1) is 16.1. The Morgan fingerprint density at radius 3 is 1.91 bits per heavy atom. The van der Waals surface area contributed by atoms with Crippen molar-refractivity contribution < 1.29 is 16.8 Å². The van der Waals surface area contributed by atoms with Gasteiger partial charge >= 0.3 is 0 Å². The molecule has 7 N–H and O–H groups in total. The van der Waals surface area contributed by atoms with E-state index >= 15 is 0 Å². The molecule has 0 spiro atoms. The van der Waals surface area contributed by atoms with Crippen molar-refractivity contribution in [3.8, 4) is 0 Å². The highest BCUT2D eigenvalue weighted by atomic mass is 32.2. The van der Waals surface area contributed by atoms with Gasteiger partial charge in [0.15, 0.2) is 0 Å². The highest BCUT2D eigenvalue weighted by molar-refractivity contribution is 7.93. The number of hydrogen-bond acceptors (Lipinski definition) is 6. The van der Waals surface area contributed by atoms with Crippen LogP contribution in [0.5, 0.6) is 0 Å². The fourth-order valence-electron chi connectivity index (χ4n) is 1.73. The highest BCUT2D eigenvalue weighted by Crippen LogP contribution is 2.26. The Labute approximate surface area is 128 Å². The Hall–Kier alpha value is -2.30. The van der Waals surface area contributed by atoms with Crippen molar-refractivity contribution in [3.63, 3.8) is 0 Å². The van der Waals surface area contributed by atoms with E-state index < -0.39 is 20.0 Å². The number of benzene rings is 2. The molecule has 0 atom stereocenters. The average Bonchev–Trinajstić information content (AvgIpc) is 2.37. The zero-order valence-corrected chi connectivity index (χ0v) is 12.9. The minimum absolute atomic E-state index is 0.0792. The average molecular weight is 342 g/mol. The first-order valence-corrected chi connectivity index (χ1v) is 8.93. The molecule has 0 saturated heterocycles. The second-order valence-corrected chi connectivity index (χ2v) is 7.69. The summed E-state index contributed by atoms with van der Waals surface area (Å²) in [7, 11) is -8.12. The molecule has 0 aliphatic heterocycles. The van der Waals surface area contributed by atoms with Crippen molar-refractivity contribution in [3.05, 3.63) is 42.5 Å². The van der Waals surface area contributed by atoms with Crippen LogP contribution >= 0.6 is 0 Å². The molecule has 0 aliphatic carbocycles. The van der Waals surface area contributed by atoms with Crippen LogP contribution in [0.2, 0.25) is 0 Å². The summed E-state index contributed by atoms with van der Waals surface area (Å²) in [4.78, 5) is -0.454. The Morgan fingerprint density at radius 1 is 0.818 bits per heavy atom. The predicted molar refractivity (Wildman–Crippen MR) is 83.9 cm³/mol. The van der Waals surface area contributed by atoms with E-state index in [1.807, 2.05) is 0 Å². The maximum atomic E-state index is 12.3. The molecule has 0 bridgehead atoms. The first-order chi connectivity index (χ1) is 10.1. The van der Waals surface area contributed by atoms with Crippen molar-refractivity contribution in [2.24, 2.45) is 5.14 Å². The molecule has 0 radical (unpaired) electrons. The molecular formula is C12H14N4O4S2. The van der Waals surface area contributed by atoms with Gasteiger partial charge in [0, 0.05) is 11.4 Å². The molecule has 0 saturated carbocycles. The molecule has 0 aliphatic rings. The lowest BCUT2D eigenvalue weighted by Gasteiger charge is -2.12. The van der Waals surface area contributed by atoms with E-state index in [4.69, 9.17) is 16.6 Å². The molecule has 2 aromatic rings. The second-order valence-electron chi connectivity index (χ2n) is 4.48. The van der Waals surface area contributed by atoms with Crippen molar-refractivity contribution in [2.45, 2.75) is 9.79 Å². The number of primary sulfonamides is 1. The Kier molecular flexibility index (Phi) is 4.00. The van der Waals surface area contributed by atoms with Gasteiger partial charge in [0.25, 0.3) is 10.0 Å². The van der Waals surface area contributed by atoms with E-state index in [1.54, 1.807) is 0 Å². The lowest BCUT2D eigenvalue weighted by molar-refractivity contribution is 0.598. The molecule has 0 amide bonds. The summed E-state index contributed by atoms with van der Waals surface area (Å²) in [5.41, 5.74) is 11.4. The number of nitrogens with one attached hydrogen (secondary N) is 1. The SMILES string of the molecule is Nc1ccc(S(=O)(=O)Nc2cc(N)ccc2S(N)(=O)=O)cc1.